The molecule has 2 nitrogen and oxygen atoms in total. The Morgan fingerprint density at radius 3 is 2.77 bits per heavy atom. The number of fused-ring (bicyclic) bond motifs is 1. The normalized spacial score (nSPS) is 20.0. The van der Waals surface area contributed by atoms with Crippen molar-refractivity contribution in [1.29, 1.82) is 0 Å². The number of hydrogen-bond donors (Lipinski definition) is 0. The summed E-state index contributed by atoms with van der Waals surface area (Å²) in [5.41, 5.74) is 4.01. The Morgan fingerprint density at radius 2 is 1.91 bits per heavy atom. The molecular weight excluding hydrogens is 294 g/mol. The molecule has 108 valence electrons. The monoisotopic (exact) mass is 307 g/mol. The Bertz CT molecular complexity index is 874. The molecular formula is C19H14ClNO. The van der Waals surface area contributed by atoms with E-state index in [1.165, 1.54) is 5.56 Å². The number of pyridine rings is 1. The maximum atomic E-state index is 10.9. The van der Waals surface area contributed by atoms with Crippen molar-refractivity contribution >= 4 is 28.8 Å². The van der Waals surface area contributed by atoms with Crippen molar-refractivity contribution in [1.82, 2.24) is 4.98 Å². The fourth-order valence-corrected chi connectivity index (χ4v) is 3.23. The van der Waals surface area contributed by atoms with Gasteiger partial charge in [-0.1, -0.05) is 41.9 Å². The van der Waals surface area contributed by atoms with E-state index in [1.54, 1.807) is 0 Å². The van der Waals surface area contributed by atoms with Crippen LogP contribution in [0.2, 0.25) is 5.02 Å². The SMILES string of the molecule is O=Cc1cccc([C@@H]2C[C@H]2c2ccc3ccc(Cl)cc3n2)c1. The molecule has 3 aromatic rings. The number of rotatable bonds is 3. The third-order valence-corrected chi connectivity index (χ3v) is 4.56. The zero-order valence-electron chi connectivity index (χ0n) is 11.9. The van der Waals surface area contributed by atoms with E-state index in [0.717, 1.165) is 34.9 Å². The molecule has 1 fully saturated rings. The van der Waals surface area contributed by atoms with E-state index in [0.29, 0.717) is 16.9 Å². The molecule has 0 bridgehead atoms. The second kappa shape index (κ2) is 5.22. The maximum absolute atomic E-state index is 10.9. The Hall–Kier alpha value is -2.19. The fraction of sp³-hybridized carbons (Fsp3) is 0.158. The summed E-state index contributed by atoms with van der Waals surface area (Å²) >= 11 is 6.05. The maximum Gasteiger partial charge on any atom is 0.150 e. The van der Waals surface area contributed by atoms with Gasteiger partial charge in [-0.15, -0.1) is 0 Å². The number of aromatic nitrogens is 1. The van der Waals surface area contributed by atoms with Crippen molar-refractivity contribution in [2.75, 3.05) is 0 Å². The highest BCUT2D eigenvalue weighted by Gasteiger charge is 2.40. The number of halogens is 1. The van der Waals surface area contributed by atoms with Crippen LogP contribution in [-0.2, 0) is 0 Å². The highest BCUT2D eigenvalue weighted by molar-refractivity contribution is 6.31. The van der Waals surface area contributed by atoms with Crippen LogP contribution in [0.15, 0.2) is 54.6 Å². The van der Waals surface area contributed by atoms with Gasteiger partial charge in [-0.2, -0.15) is 0 Å². The summed E-state index contributed by atoms with van der Waals surface area (Å²) in [7, 11) is 0. The van der Waals surface area contributed by atoms with Gasteiger partial charge in [0.2, 0.25) is 0 Å². The fourth-order valence-electron chi connectivity index (χ4n) is 3.07. The van der Waals surface area contributed by atoms with Crippen molar-refractivity contribution < 1.29 is 4.79 Å². The summed E-state index contributed by atoms with van der Waals surface area (Å²) in [5, 5.41) is 1.82. The second-order valence-corrected chi connectivity index (χ2v) is 6.25. The summed E-state index contributed by atoms with van der Waals surface area (Å²) in [6.45, 7) is 0. The lowest BCUT2D eigenvalue weighted by atomic mass is 10.0. The lowest BCUT2D eigenvalue weighted by molar-refractivity contribution is 0.112. The number of hydrogen-bond acceptors (Lipinski definition) is 2. The summed E-state index contributed by atoms with van der Waals surface area (Å²) in [6.07, 6.45) is 1.98. The molecule has 0 spiro atoms. The van der Waals surface area contributed by atoms with E-state index < -0.39 is 0 Å². The van der Waals surface area contributed by atoms with E-state index in [1.807, 2.05) is 36.4 Å². The van der Waals surface area contributed by atoms with Gasteiger partial charge in [0.1, 0.15) is 6.29 Å². The highest BCUT2D eigenvalue weighted by atomic mass is 35.5. The molecule has 1 saturated carbocycles. The van der Waals surface area contributed by atoms with Crippen molar-refractivity contribution in [2.24, 2.45) is 0 Å². The van der Waals surface area contributed by atoms with Crippen LogP contribution in [0, 0.1) is 0 Å². The number of carbonyl (C=O) groups excluding carboxylic acids is 1. The van der Waals surface area contributed by atoms with Crippen LogP contribution in [0.5, 0.6) is 0 Å². The van der Waals surface area contributed by atoms with Gasteiger partial charge in [0.05, 0.1) is 5.52 Å². The average molecular weight is 308 g/mol. The van der Waals surface area contributed by atoms with Gasteiger partial charge < -0.3 is 0 Å². The smallest absolute Gasteiger partial charge is 0.150 e. The lowest BCUT2D eigenvalue weighted by Gasteiger charge is -2.04. The van der Waals surface area contributed by atoms with Gasteiger partial charge in [-0.25, -0.2) is 0 Å². The van der Waals surface area contributed by atoms with Crippen LogP contribution in [0.3, 0.4) is 0 Å². The summed E-state index contributed by atoms with van der Waals surface area (Å²) in [6, 6.07) is 17.8. The molecule has 3 heteroatoms. The Morgan fingerprint density at radius 1 is 1.05 bits per heavy atom. The van der Waals surface area contributed by atoms with Gasteiger partial charge in [0, 0.05) is 27.6 Å². The first kappa shape index (κ1) is 13.5. The molecule has 0 amide bonds. The third-order valence-electron chi connectivity index (χ3n) is 4.32. The quantitative estimate of drug-likeness (QED) is 0.639. The lowest BCUT2D eigenvalue weighted by Crippen LogP contribution is -1.91. The Labute approximate surface area is 133 Å². The first-order chi connectivity index (χ1) is 10.7. The second-order valence-electron chi connectivity index (χ2n) is 5.81. The predicted octanol–water partition coefficient (Wildman–Crippen LogP) is 4.97. The molecule has 0 saturated heterocycles. The van der Waals surface area contributed by atoms with Gasteiger partial charge >= 0.3 is 0 Å². The van der Waals surface area contributed by atoms with E-state index in [9.17, 15) is 4.79 Å². The molecule has 22 heavy (non-hydrogen) atoms. The number of nitrogens with zero attached hydrogens (tertiary/aromatic N) is 1. The number of benzene rings is 2. The molecule has 1 aromatic heterocycles. The summed E-state index contributed by atoms with van der Waals surface area (Å²) in [5.74, 6) is 0.898. The zero-order valence-corrected chi connectivity index (χ0v) is 12.6. The number of aldehydes is 1. The largest absolute Gasteiger partial charge is 0.298 e. The van der Waals surface area contributed by atoms with Crippen molar-refractivity contribution in [2.45, 2.75) is 18.3 Å². The molecule has 0 N–H and O–H groups in total. The molecule has 1 heterocycles. The van der Waals surface area contributed by atoms with Crippen molar-refractivity contribution in [3.05, 3.63) is 76.4 Å². The van der Waals surface area contributed by atoms with Crippen LogP contribution in [0.4, 0.5) is 0 Å². The number of carbonyl (C=O) groups is 1. The standard InChI is InChI=1S/C19H14ClNO/c20-15-6-4-13-5-7-18(21-19(13)9-15)17-10-16(17)14-3-1-2-12(8-14)11-22/h1-9,11,16-17H,10H2/t16-,17+/m0/s1. The Balaban J connectivity index is 1.65. The molecule has 2 aromatic carbocycles. The predicted molar refractivity (Wildman–Crippen MR) is 88.7 cm³/mol. The van der Waals surface area contributed by atoms with Crippen LogP contribution >= 0.6 is 11.6 Å². The van der Waals surface area contributed by atoms with Crippen LogP contribution in [0.25, 0.3) is 10.9 Å². The molecule has 0 unspecified atom stereocenters. The van der Waals surface area contributed by atoms with Crippen LogP contribution in [0.1, 0.15) is 39.9 Å². The molecule has 0 aliphatic heterocycles. The van der Waals surface area contributed by atoms with Crippen molar-refractivity contribution in [3.63, 3.8) is 0 Å². The van der Waals surface area contributed by atoms with Crippen LogP contribution in [-0.4, -0.2) is 11.3 Å². The minimum atomic E-state index is 0.435. The van der Waals surface area contributed by atoms with Gasteiger partial charge in [-0.3, -0.25) is 9.78 Å². The highest BCUT2D eigenvalue weighted by Crippen LogP contribution is 2.54. The summed E-state index contributed by atoms with van der Waals surface area (Å²) in [4.78, 5) is 15.7. The van der Waals surface area contributed by atoms with E-state index in [4.69, 9.17) is 16.6 Å². The molecule has 1 aliphatic rings. The minimum absolute atomic E-state index is 0.435. The van der Waals surface area contributed by atoms with Crippen LogP contribution < -0.4 is 0 Å². The first-order valence-electron chi connectivity index (χ1n) is 7.36. The van der Waals surface area contributed by atoms with Crippen molar-refractivity contribution in [3.8, 4) is 0 Å². The third kappa shape index (κ3) is 2.40. The van der Waals surface area contributed by atoms with Gasteiger partial charge in [-0.05, 0) is 42.2 Å². The molecule has 2 atom stereocenters. The van der Waals surface area contributed by atoms with E-state index >= 15 is 0 Å². The summed E-state index contributed by atoms with van der Waals surface area (Å²) < 4.78 is 0. The van der Waals surface area contributed by atoms with Gasteiger partial charge in [0.15, 0.2) is 0 Å². The van der Waals surface area contributed by atoms with Gasteiger partial charge in [0.25, 0.3) is 0 Å². The first-order valence-corrected chi connectivity index (χ1v) is 7.74. The molecule has 0 radical (unpaired) electrons. The average Bonchev–Trinajstić information content (AvgIpc) is 3.35. The minimum Gasteiger partial charge on any atom is -0.298 e. The Kier molecular flexibility index (Phi) is 3.20. The molecule has 1 aliphatic carbocycles. The zero-order chi connectivity index (χ0) is 15.1. The topological polar surface area (TPSA) is 30.0 Å². The van der Waals surface area contributed by atoms with E-state index in [2.05, 4.69) is 18.2 Å². The molecule has 4 rings (SSSR count). The van der Waals surface area contributed by atoms with E-state index in [-0.39, 0.29) is 0 Å².